The van der Waals surface area contributed by atoms with Gasteiger partial charge in [0, 0.05) is 24.2 Å². The summed E-state index contributed by atoms with van der Waals surface area (Å²) in [7, 11) is -1.06. The van der Waals surface area contributed by atoms with Gasteiger partial charge >= 0.3 is 0 Å². The summed E-state index contributed by atoms with van der Waals surface area (Å²) < 4.78 is 37.1. The molecule has 0 aromatic heterocycles. The van der Waals surface area contributed by atoms with Gasteiger partial charge in [0.2, 0.25) is 21.8 Å². The van der Waals surface area contributed by atoms with E-state index in [9.17, 15) is 18.0 Å². The fourth-order valence-electron chi connectivity index (χ4n) is 3.41. The smallest absolute Gasteiger partial charge is 0.244 e. The van der Waals surface area contributed by atoms with Crippen molar-refractivity contribution in [2.75, 3.05) is 37.9 Å². The van der Waals surface area contributed by atoms with E-state index >= 15 is 0 Å². The van der Waals surface area contributed by atoms with E-state index in [0.29, 0.717) is 17.3 Å². The summed E-state index contributed by atoms with van der Waals surface area (Å²) in [5.74, 6) is -0.0292. The molecular weight excluding hydrogens is 506 g/mol. The minimum absolute atomic E-state index is 0.0825. The topological polar surface area (TPSA) is 105 Å². The number of hydrogen-bond donors (Lipinski definition) is 1. The Balaban J connectivity index is 2.45. The minimum atomic E-state index is -3.92. The summed E-state index contributed by atoms with van der Waals surface area (Å²) >= 11 is 5.99. The summed E-state index contributed by atoms with van der Waals surface area (Å²) in [5.41, 5.74) is 0.886. The van der Waals surface area contributed by atoms with Gasteiger partial charge in [0.05, 0.1) is 26.2 Å². The third-order valence-corrected chi connectivity index (χ3v) is 6.83. The molecule has 0 unspecified atom stereocenters. The molecule has 0 heterocycles. The molecule has 2 rings (SSSR count). The number of sulfonamides is 1. The Bertz CT molecular complexity index is 1150. The van der Waals surface area contributed by atoms with Crippen molar-refractivity contribution in [1.82, 2.24) is 10.2 Å². The van der Waals surface area contributed by atoms with Crippen LogP contribution in [0.4, 0.5) is 5.69 Å². The summed E-state index contributed by atoms with van der Waals surface area (Å²) in [5, 5.41) is 3.37. The number of benzene rings is 2. The highest BCUT2D eigenvalue weighted by atomic mass is 35.5. The Morgan fingerprint density at radius 2 is 1.67 bits per heavy atom. The number of nitrogens with one attached hydrogen (secondary N) is 1. The number of hydrogen-bond acceptors (Lipinski definition) is 6. The van der Waals surface area contributed by atoms with Crippen LogP contribution in [0.25, 0.3) is 0 Å². The SMILES string of the molecule is COc1ccc(OC)c(N(CC(=O)N(Cc2ccc(Cl)cc2)[C@H](C)C(=O)NCC(C)C)S(C)(=O)=O)c1. The van der Waals surface area contributed by atoms with Gasteiger partial charge in [-0.25, -0.2) is 8.42 Å². The van der Waals surface area contributed by atoms with Crippen molar-refractivity contribution in [3.63, 3.8) is 0 Å². The zero-order valence-electron chi connectivity index (χ0n) is 21.4. The first-order valence-corrected chi connectivity index (χ1v) is 13.6. The molecule has 0 bridgehead atoms. The first kappa shape index (κ1) is 29.3. The van der Waals surface area contributed by atoms with Crippen molar-refractivity contribution >= 4 is 39.1 Å². The van der Waals surface area contributed by atoms with Gasteiger partial charge < -0.3 is 19.7 Å². The number of halogens is 1. The van der Waals surface area contributed by atoms with Crippen molar-refractivity contribution in [2.24, 2.45) is 5.92 Å². The van der Waals surface area contributed by atoms with Crippen molar-refractivity contribution in [3.05, 3.63) is 53.1 Å². The fourth-order valence-corrected chi connectivity index (χ4v) is 4.38. The normalized spacial score (nSPS) is 12.1. The second-order valence-corrected chi connectivity index (χ2v) is 11.1. The Morgan fingerprint density at radius 3 is 2.19 bits per heavy atom. The van der Waals surface area contributed by atoms with Crippen LogP contribution in [-0.2, 0) is 26.2 Å². The van der Waals surface area contributed by atoms with Crippen LogP contribution in [0.2, 0.25) is 5.02 Å². The van der Waals surface area contributed by atoms with Crippen LogP contribution in [0.5, 0.6) is 11.5 Å². The fraction of sp³-hybridized carbons (Fsp3) is 0.440. The average molecular weight is 540 g/mol. The lowest BCUT2D eigenvalue weighted by Crippen LogP contribution is -2.51. The Hall–Kier alpha value is -2.98. The molecule has 1 atom stereocenters. The van der Waals surface area contributed by atoms with Crippen molar-refractivity contribution in [1.29, 1.82) is 0 Å². The Morgan fingerprint density at radius 1 is 1.03 bits per heavy atom. The summed E-state index contributed by atoms with van der Waals surface area (Å²) in [6, 6.07) is 10.7. The summed E-state index contributed by atoms with van der Waals surface area (Å²) in [6.45, 7) is 5.53. The Labute approximate surface area is 218 Å². The van der Waals surface area contributed by atoms with Gasteiger partial charge in [-0.1, -0.05) is 37.6 Å². The molecule has 2 aromatic rings. The zero-order chi connectivity index (χ0) is 27.0. The minimum Gasteiger partial charge on any atom is -0.497 e. The van der Waals surface area contributed by atoms with Gasteiger partial charge in [0.15, 0.2) is 0 Å². The van der Waals surface area contributed by atoms with E-state index in [4.69, 9.17) is 21.1 Å². The van der Waals surface area contributed by atoms with Crippen LogP contribution < -0.4 is 19.1 Å². The number of carbonyl (C=O) groups excluding carboxylic acids is 2. The van der Waals surface area contributed by atoms with Gasteiger partial charge in [0.1, 0.15) is 24.1 Å². The number of anilines is 1. The van der Waals surface area contributed by atoms with E-state index in [1.807, 2.05) is 13.8 Å². The van der Waals surface area contributed by atoms with Gasteiger partial charge in [-0.3, -0.25) is 13.9 Å². The highest BCUT2D eigenvalue weighted by molar-refractivity contribution is 7.92. The molecule has 1 N–H and O–H groups in total. The van der Waals surface area contributed by atoms with E-state index in [-0.39, 0.29) is 29.8 Å². The molecule has 2 aromatic carbocycles. The molecule has 36 heavy (non-hydrogen) atoms. The molecule has 11 heteroatoms. The molecule has 0 radical (unpaired) electrons. The zero-order valence-corrected chi connectivity index (χ0v) is 23.0. The lowest BCUT2D eigenvalue weighted by molar-refractivity contribution is -0.139. The van der Waals surface area contributed by atoms with E-state index in [0.717, 1.165) is 16.1 Å². The number of carbonyl (C=O) groups is 2. The standard InChI is InChI=1S/C25H34ClN3O6S/c1-17(2)14-27-25(31)18(3)28(15-19-7-9-20(26)10-8-19)24(30)16-29(36(6,32)33)22-13-21(34-4)11-12-23(22)35-5/h7-13,17-18H,14-16H2,1-6H3,(H,27,31)/t18-/m1/s1. The second kappa shape index (κ2) is 12.8. The lowest BCUT2D eigenvalue weighted by Gasteiger charge is -2.32. The number of rotatable bonds is 12. The van der Waals surface area contributed by atoms with Crippen molar-refractivity contribution in [3.8, 4) is 11.5 Å². The highest BCUT2D eigenvalue weighted by Gasteiger charge is 2.31. The third kappa shape index (κ3) is 8.03. The van der Waals surface area contributed by atoms with Gasteiger partial charge in [-0.05, 0) is 42.7 Å². The third-order valence-electron chi connectivity index (χ3n) is 5.45. The monoisotopic (exact) mass is 539 g/mol. The van der Waals surface area contributed by atoms with Crippen LogP contribution in [0.1, 0.15) is 26.3 Å². The maximum atomic E-state index is 13.6. The van der Waals surface area contributed by atoms with Crippen LogP contribution in [0.3, 0.4) is 0 Å². The number of ether oxygens (including phenoxy) is 2. The molecule has 0 aliphatic heterocycles. The lowest BCUT2D eigenvalue weighted by atomic mass is 10.1. The van der Waals surface area contributed by atoms with Crippen LogP contribution in [0.15, 0.2) is 42.5 Å². The molecular formula is C25H34ClN3O6S. The molecule has 198 valence electrons. The van der Waals surface area contributed by atoms with E-state index in [2.05, 4.69) is 5.32 Å². The largest absolute Gasteiger partial charge is 0.497 e. The molecule has 0 fully saturated rings. The number of methoxy groups -OCH3 is 2. The first-order valence-electron chi connectivity index (χ1n) is 11.4. The molecule has 0 spiro atoms. The van der Waals surface area contributed by atoms with Gasteiger partial charge in [0.25, 0.3) is 0 Å². The quantitative estimate of drug-likeness (QED) is 0.443. The predicted octanol–water partition coefficient (Wildman–Crippen LogP) is 3.31. The first-order chi connectivity index (χ1) is 16.9. The van der Waals surface area contributed by atoms with Gasteiger partial charge in [-0.15, -0.1) is 0 Å². The predicted molar refractivity (Wildman–Crippen MR) is 141 cm³/mol. The molecule has 0 saturated heterocycles. The van der Waals surface area contributed by atoms with Crippen LogP contribution in [-0.4, -0.2) is 64.7 Å². The molecule has 0 aliphatic rings. The maximum Gasteiger partial charge on any atom is 0.244 e. The molecule has 0 aliphatic carbocycles. The summed E-state index contributed by atoms with van der Waals surface area (Å²) in [6.07, 6.45) is 1.00. The van der Waals surface area contributed by atoms with Gasteiger partial charge in [-0.2, -0.15) is 0 Å². The number of amides is 2. The highest BCUT2D eigenvalue weighted by Crippen LogP contribution is 2.34. The molecule has 9 nitrogen and oxygen atoms in total. The second-order valence-electron chi connectivity index (χ2n) is 8.77. The van der Waals surface area contributed by atoms with Crippen molar-refractivity contribution in [2.45, 2.75) is 33.4 Å². The van der Waals surface area contributed by atoms with Crippen LogP contribution >= 0.6 is 11.6 Å². The molecule has 0 saturated carbocycles. The summed E-state index contributed by atoms with van der Waals surface area (Å²) in [4.78, 5) is 27.9. The van der Waals surface area contributed by atoms with Crippen molar-refractivity contribution < 1.29 is 27.5 Å². The Kier molecular flexibility index (Phi) is 10.4. The number of nitrogens with zero attached hydrogens (tertiary/aromatic N) is 2. The molecule has 2 amide bonds. The van der Waals surface area contributed by atoms with Crippen LogP contribution in [0, 0.1) is 5.92 Å². The maximum absolute atomic E-state index is 13.6. The average Bonchev–Trinajstić information content (AvgIpc) is 2.83. The van der Waals surface area contributed by atoms with E-state index in [1.165, 1.54) is 25.2 Å². The van der Waals surface area contributed by atoms with E-state index in [1.54, 1.807) is 43.3 Å². The van der Waals surface area contributed by atoms with E-state index < -0.39 is 28.5 Å².